The van der Waals surface area contributed by atoms with Gasteiger partial charge in [0.05, 0.1) is 45.1 Å². The zero-order chi connectivity index (χ0) is 30.3. The third kappa shape index (κ3) is 8.14. The number of benzene rings is 1. The molecule has 1 aliphatic rings. The highest BCUT2D eigenvalue weighted by atomic mass is 19.2. The van der Waals surface area contributed by atoms with Gasteiger partial charge in [0.1, 0.15) is 24.4 Å². The molecule has 0 bridgehead atoms. The molecule has 0 radical (unpaired) electrons. The highest BCUT2D eigenvalue weighted by Gasteiger charge is 2.45. The number of carbonyl (C=O) groups excluding carboxylic acids is 2. The van der Waals surface area contributed by atoms with Crippen molar-refractivity contribution in [2.75, 3.05) is 26.4 Å². The minimum Gasteiger partial charge on any atom is -0.420 e. The number of aliphatic hydroxyl groups excluding tert-OH is 3. The van der Waals surface area contributed by atoms with E-state index in [1.807, 2.05) is 0 Å². The van der Waals surface area contributed by atoms with Crippen LogP contribution in [0.5, 0.6) is 5.75 Å². The minimum absolute atomic E-state index is 0.00205. The first-order valence-corrected chi connectivity index (χ1v) is 12.1. The number of aromatic nitrogens is 3. The average Bonchev–Trinajstić information content (AvgIpc) is 3.39. The highest BCUT2D eigenvalue weighted by molar-refractivity contribution is 5.73. The maximum absolute atomic E-state index is 13.6. The Balaban J connectivity index is 1.39. The molecule has 1 amide bonds. The van der Waals surface area contributed by atoms with Crippen molar-refractivity contribution < 1.29 is 65.8 Å². The largest absolute Gasteiger partial charge is 0.420 e. The van der Waals surface area contributed by atoms with Gasteiger partial charge in [0, 0.05) is 19.5 Å². The van der Waals surface area contributed by atoms with Crippen LogP contribution in [0.2, 0.25) is 0 Å². The third-order valence-corrected chi connectivity index (χ3v) is 5.78. The maximum atomic E-state index is 13.6. The second-order valence-corrected chi connectivity index (χ2v) is 8.76. The normalized spacial score (nSPS) is 22.5. The molecule has 1 aromatic carbocycles. The average molecular weight is 598 g/mol. The lowest BCUT2D eigenvalue weighted by atomic mass is 9.97. The number of rotatable bonds is 13. The summed E-state index contributed by atoms with van der Waals surface area (Å²) in [5.74, 6) is -14.9. The van der Waals surface area contributed by atoms with E-state index in [1.165, 1.54) is 11.6 Å². The van der Waals surface area contributed by atoms with Gasteiger partial charge in [-0.25, -0.2) is 17.9 Å². The number of nitrogens with zero attached hydrogens (tertiary/aromatic N) is 3. The van der Waals surface area contributed by atoms with Gasteiger partial charge in [-0.15, -0.1) is 5.10 Å². The molecule has 3 rings (SSSR count). The molecular weight excluding hydrogens is 571 g/mol. The van der Waals surface area contributed by atoms with E-state index in [9.17, 15) is 46.9 Å². The summed E-state index contributed by atoms with van der Waals surface area (Å²) in [5, 5.41) is 39.9. The number of amides is 1. The van der Waals surface area contributed by atoms with Crippen molar-refractivity contribution in [3.8, 4) is 5.75 Å². The van der Waals surface area contributed by atoms with Crippen LogP contribution in [0, 0.1) is 29.1 Å². The number of ether oxygens (including phenoxy) is 4. The molecule has 5 atom stereocenters. The summed E-state index contributed by atoms with van der Waals surface area (Å²) in [6.07, 6.45) is -3.97. The molecule has 1 saturated heterocycles. The Bertz CT molecular complexity index is 1190. The molecule has 0 unspecified atom stereocenters. The number of aliphatic hydroxyl groups is 3. The van der Waals surface area contributed by atoms with Crippen LogP contribution in [0.15, 0.2) is 6.20 Å². The molecule has 2 heterocycles. The van der Waals surface area contributed by atoms with Crippen molar-refractivity contribution >= 4 is 11.9 Å². The van der Waals surface area contributed by atoms with Gasteiger partial charge in [0.15, 0.2) is 6.29 Å². The van der Waals surface area contributed by atoms with Crippen molar-refractivity contribution in [3.63, 3.8) is 0 Å². The molecular formula is C23H27F5N4O9. The second kappa shape index (κ2) is 14.6. The number of hydrogen-bond acceptors (Lipinski definition) is 11. The van der Waals surface area contributed by atoms with E-state index >= 15 is 0 Å². The third-order valence-electron chi connectivity index (χ3n) is 5.78. The highest BCUT2D eigenvalue weighted by Crippen LogP contribution is 2.29. The van der Waals surface area contributed by atoms with Crippen LogP contribution in [0.3, 0.4) is 0 Å². The lowest BCUT2D eigenvalue weighted by Crippen LogP contribution is -2.64. The first kappa shape index (κ1) is 32.2. The van der Waals surface area contributed by atoms with Crippen molar-refractivity contribution in [3.05, 3.63) is 41.0 Å². The van der Waals surface area contributed by atoms with E-state index in [0.29, 0.717) is 5.69 Å². The molecule has 228 valence electrons. The summed E-state index contributed by atoms with van der Waals surface area (Å²) >= 11 is 0. The van der Waals surface area contributed by atoms with E-state index in [2.05, 4.69) is 20.4 Å². The molecule has 0 aliphatic carbocycles. The van der Waals surface area contributed by atoms with E-state index in [1.54, 1.807) is 6.20 Å². The molecule has 13 nitrogen and oxygen atoms in total. The van der Waals surface area contributed by atoms with Crippen molar-refractivity contribution in [1.82, 2.24) is 20.3 Å². The smallest absolute Gasteiger partial charge is 0.313 e. The van der Waals surface area contributed by atoms with Crippen LogP contribution in [0.1, 0.15) is 19.0 Å². The predicted octanol–water partition coefficient (Wildman–Crippen LogP) is -0.511. The van der Waals surface area contributed by atoms with Gasteiger partial charge in [-0.05, 0) is 0 Å². The van der Waals surface area contributed by atoms with Gasteiger partial charge in [-0.3, -0.25) is 9.59 Å². The summed E-state index contributed by atoms with van der Waals surface area (Å²) in [7, 11) is 0. The Morgan fingerprint density at radius 3 is 2.32 bits per heavy atom. The monoisotopic (exact) mass is 598 g/mol. The zero-order valence-electron chi connectivity index (χ0n) is 21.4. The molecule has 1 aliphatic heterocycles. The topological polar surface area (TPSA) is 174 Å². The molecule has 0 saturated carbocycles. The number of hydrogen-bond donors (Lipinski definition) is 4. The van der Waals surface area contributed by atoms with Crippen LogP contribution >= 0.6 is 0 Å². The van der Waals surface area contributed by atoms with Gasteiger partial charge in [0.25, 0.3) is 0 Å². The molecule has 1 fully saturated rings. The van der Waals surface area contributed by atoms with Gasteiger partial charge < -0.3 is 39.6 Å². The number of halogens is 5. The molecule has 2 aromatic rings. The minimum atomic E-state index is -2.38. The molecule has 41 heavy (non-hydrogen) atoms. The Morgan fingerprint density at radius 2 is 1.68 bits per heavy atom. The van der Waals surface area contributed by atoms with Crippen LogP contribution in [-0.2, 0) is 36.8 Å². The van der Waals surface area contributed by atoms with Crippen LogP contribution in [0.4, 0.5) is 22.0 Å². The van der Waals surface area contributed by atoms with Gasteiger partial charge in [-0.1, -0.05) is 5.21 Å². The molecule has 0 spiro atoms. The summed E-state index contributed by atoms with van der Waals surface area (Å²) in [4.78, 5) is 23.2. The fraction of sp³-hybridized carbons (Fsp3) is 0.565. The summed E-state index contributed by atoms with van der Waals surface area (Å²) in [5.41, 5.74) is 0.475. The zero-order valence-corrected chi connectivity index (χ0v) is 21.4. The fourth-order valence-corrected chi connectivity index (χ4v) is 3.71. The van der Waals surface area contributed by atoms with Gasteiger partial charge in [-0.2, -0.15) is 8.78 Å². The molecule has 1 aromatic heterocycles. The van der Waals surface area contributed by atoms with Crippen LogP contribution in [-0.4, -0.2) is 99.3 Å². The number of carbonyl (C=O) groups is 2. The van der Waals surface area contributed by atoms with Crippen molar-refractivity contribution in [1.29, 1.82) is 0 Å². The summed E-state index contributed by atoms with van der Waals surface area (Å²) < 4.78 is 88.5. The number of esters is 1. The SMILES string of the molecule is CC(=O)N[C@H]1[C@H](OCCc2cn(CCOCCC(=O)Oc3c(F)c(F)c(F)c(F)c3F)nn2)O[C@H](CO)[C@H](O)[C@@H]1O. The molecule has 18 heteroatoms. The quantitative estimate of drug-likeness (QED) is 0.0584. The standard InChI is InChI=1S/C23H27F5N4O9/c1-10(34)29-19-21(37)20(36)12(9-33)40-23(19)39-6-2-11-8-32(31-30-11)4-7-38-5-3-13(35)41-22-17(27)15(25)14(24)16(26)18(22)28/h8,12,19-21,23,33,36-37H,2-7,9H2,1H3,(H,29,34)/t12-,19-,20+,21-,23-/m1/s1. The van der Waals surface area contributed by atoms with E-state index in [-0.39, 0.29) is 32.8 Å². The first-order chi connectivity index (χ1) is 19.4. The lowest BCUT2D eigenvalue weighted by Gasteiger charge is -2.42. The maximum Gasteiger partial charge on any atom is 0.313 e. The fourth-order valence-electron chi connectivity index (χ4n) is 3.71. The lowest BCUT2D eigenvalue weighted by molar-refractivity contribution is -0.269. The van der Waals surface area contributed by atoms with Gasteiger partial charge in [0.2, 0.25) is 40.7 Å². The Labute approximate surface area is 228 Å². The summed E-state index contributed by atoms with van der Waals surface area (Å²) in [6, 6.07) is -1.09. The van der Waals surface area contributed by atoms with Gasteiger partial charge >= 0.3 is 5.97 Å². The van der Waals surface area contributed by atoms with E-state index in [4.69, 9.17) is 14.2 Å². The van der Waals surface area contributed by atoms with Crippen molar-refractivity contribution in [2.45, 2.75) is 57.0 Å². The Hall–Kier alpha value is -3.29. The Morgan fingerprint density at radius 1 is 1.02 bits per heavy atom. The van der Waals surface area contributed by atoms with Crippen molar-refractivity contribution in [2.24, 2.45) is 0 Å². The predicted molar refractivity (Wildman–Crippen MR) is 122 cm³/mol. The molecule has 4 N–H and O–H groups in total. The number of nitrogens with one attached hydrogen (secondary N) is 1. The Kier molecular flexibility index (Phi) is 11.4. The van der Waals surface area contributed by atoms with Crippen LogP contribution < -0.4 is 10.1 Å². The summed E-state index contributed by atoms with van der Waals surface area (Å²) in [6.45, 7) is 0.500. The first-order valence-electron chi connectivity index (χ1n) is 12.1. The second-order valence-electron chi connectivity index (χ2n) is 8.76. The van der Waals surface area contributed by atoms with Crippen LogP contribution in [0.25, 0.3) is 0 Å². The van der Waals surface area contributed by atoms with E-state index in [0.717, 1.165) is 0 Å². The van der Waals surface area contributed by atoms with E-state index < -0.39 is 90.4 Å².